The van der Waals surface area contributed by atoms with Crippen molar-refractivity contribution in [3.8, 4) is 0 Å². The van der Waals surface area contributed by atoms with Crippen LogP contribution in [0.5, 0.6) is 0 Å². The van der Waals surface area contributed by atoms with Gasteiger partial charge in [-0.2, -0.15) is 0 Å². The topological polar surface area (TPSA) is 0 Å². The van der Waals surface area contributed by atoms with Crippen molar-refractivity contribution in [1.82, 2.24) is 0 Å². The van der Waals surface area contributed by atoms with E-state index in [4.69, 9.17) is 42.3 Å². The molecule has 2 aromatic carbocycles. The van der Waals surface area contributed by atoms with Gasteiger partial charge in [0.2, 0.25) is 0 Å². The van der Waals surface area contributed by atoms with E-state index in [0.29, 0.717) is 0 Å². The van der Waals surface area contributed by atoms with Gasteiger partial charge in [-0.05, 0) is 10.6 Å². The summed E-state index contributed by atoms with van der Waals surface area (Å²) in [6.45, 7) is 0. The minimum Gasteiger partial charge on any atom is -0.0622 e. The summed E-state index contributed by atoms with van der Waals surface area (Å²) in [6.07, 6.45) is 0. The Morgan fingerprint density at radius 1 is 0.737 bits per heavy atom. The van der Waals surface area contributed by atoms with E-state index < -0.39 is 0 Å². The van der Waals surface area contributed by atoms with Gasteiger partial charge in [0.15, 0.2) is 0 Å². The minimum atomic E-state index is -0.106. The number of halogens is 4. The summed E-state index contributed by atoms with van der Waals surface area (Å²) in [5, 5.41) is 2.99. The van der Waals surface area contributed by atoms with Crippen LogP contribution in [0.2, 0.25) is 0 Å². The second-order valence-electron chi connectivity index (χ2n) is 3.00. The molecule has 0 N–H and O–H groups in total. The Labute approximate surface area is 142 Å². The van der Waals surface area contributed by atoms with Crippen LogP contribution in [-0.4, -0.2) is 5.34 Å². The third-order valence-electron chi connectivity index (χ3n) is 1.84. The molecule has 0 unspecified atom stereocenters. The van der Waals surface area contributed by atoms with Crippen LogP contribution >= 0.6 is 50.8 Å². The molecule has 19 heavy (non-hydrogen) atoms. The molecular weight excluding hydrogens is 435 g/mol. The summed E-state index contributed by atoms with van der Waals surface area (Å²) >= 11 is 9.42. The van der Waals surface area contributed by atoms with Gasteiger partial charge in [-0.3, -0.25) is 0 Å². The predicted molar refractivity (Wildman–Crippen MR) is 88.7 cm³/mol. The summed E-state index contributed by atoms with van der Waals surface area (Å²) in [4.78, 5) is 0. The number of hydrogen-bond acceptors (Lipinski definition) is 0. The molecule has 2 aromatic rings. The Balaban J connectivity index is 0.000000465. The van der Waals surface area contributed by atoms with E-state index >= 15 is 0 Å². The van der Waals surface area contributed by atoms with Gasteiger partial charge in [0, 0.05) is 0 Å². The van der Waals surface area contributed by atoms with E-state index in [2.05, 4.69) is 60.7 Å². The Hall–Kier alpha value is 0.692. The fourth-order valence-corrected chi connectivity index (χ4v) is 2.26. The Bertz CT molecular complexity index is 360. The second kappa shape index (κ2) is 15.1. The van der Waals surface area contributed by atoms with E-state index in [1.54, 1.807) is 0 Å². The fourth-order valence-electron chi connectivity index (χ4n) is 1.21. The first-order valence-corrected chi connectivity index (χ1v) is 11.2. The first-order chi connectivity index (χ1) is 9.28. The summed E-state index contributed by atoms with van der Waals surface area (Å²) in [7, 11) is 10.4. The molecule has 6 heteroatoms. The Morgan fingerprint density at radius 2 is 1.00 bits per heavy atom. The summed E-state index contributed by atoms with van der Waals surface area (Å²) < 4.78 is 0. The quantitative estimate of drug-likeness (QED) is 0.340. The molecule has 0 atom stereocenters. The van der Waals surface area contributed by atoms with Crippen LogP contribution in [0, 0.1) is 0 Å². The summed E-state index contributed by atoms with van der Waals surface area (Å²) in [5.74, 6) is 0. The van der Waals surface area contributed by atoms with E-state index in [0.717, 1.165) is 8.58 Å². The van der Waals surface area contributed by atoms with Crippen LogP contribution in [0.1, 0.15) is 0 Å². The number of alkyl halides is 2. The Kier molecular flexibility index (Phi) is 15.6. The van der Waals surface area contributed by atoms with Gasteiger partial charge < -0.3 is 0 Å². The van der Waals surface area contributed by atoms with Gasteiger partial charge in [0.25, 0.3) is 0 Å². The average Bonchev–Trinajstić information content (AvgIpc) is 2.43. The number of rotatable bonds is 2. The van der Waals surface area contributed by atoms with Crippen LogP contribution in [0.15, 0.2) is 60.7 Å². The predicted octanol–water partition coefficient (Wildman–Crippen LogP) is 5.11. The van der Waals surface area contributed by atoms with Gasteiger partial charge in [-0.15, -0.1) is 23.2 Å². The molecule has 0 amide bonds. The molecule has 0 aliphatic heterocycles. The molecule has 0 heterocycles. The molecule has 0 nitrogen and oxygen atoms in total. The first-order valence-electron chi connectivity index (χ1n) is 5.09. The van der Waals surface area contributed by atoms with Gasteiger partial charge in [0.1, 0.15) is 0 Å². The van der Waals surface area contributed by atoms with Crippen molar-refractivity contribution in [3.05, 3.63) is 60.7 Å². The minimum absolute atomic E-state index is 0.106. The van der Waals surface area contributed by atoms with Crippen molar-refractivity contribution in [3.63, 3.8) is 0 Å². The molecule has 0 aliphatic rings. The van der Waals surface area contributed by atoms with Crippen molar-refractivity contribution in [2.75, 3.05) is 5.34 Å². The molecule has 0 spiro atoms. The van der Waals surface area contributed by atoms with Crippen molar-refractivity contribution >= 4 is 61.4 Å². The number of hydrogen-bond donors (Lipinski definition) is 0. The van der Waals surface area contributed by atoms with Crippen molar-refractivity contribution in [1.29, 1.82) is 0 Å². The first kappa shape index (κ1) is 19.7. The maximum atomic E-state index is 4.81. The van der Waals surface area contributed by atoms with Gasteiger partial charge >= 0.3 is 35.0 Å². The normalized spacial score (nSPS) is 8.84. The van der Waals surface area contributed by atoms with Gasteiger partial charge in [-0.25, -0.2) is 0 Å². The fraction of sp³-hybridized carbons (Fsp3) is 0.0769. The smallest absolute Gasteiger partial charge is 0.0226 e. The molecule has 0 aromatic heterocycles. The van der Waals surface area contributed by atoms with Crippen molar-refractivity contribution in [2.24, 2.45) is 0 Å². The molecule has 2 rings (SSSR count). The molecular formula is C13H13Cl4PPd. The average molecular weight is 448 g/mol. The zero-order valence-corrected chi connectivity index (χ0v) is 15.4. The van der Waals surface area contributed by atoms with Crippen LogP contribution in [0.25, 0.3) is 0 Å². The van der Waals surface area contributed by atoms with Crippen LogP contribution in [0.4, 0.5) is 0 Å². The third kappa shape index (κ3) is 12.2. The van der Waals surface area contributed by atoms with E-state index in [1.165, 1.54) is 10.6 Å². The summed E-state index contributed by atoms with van der Waals surface area (Å²) in [5.41, 5.74) is 0. The molecule has 0 saturated heterocycles. The van der Waals surface area contributed by atoms with Crippen LogP contribution < -0.4 is 10.6 Å². The maximum Gasteiger partial charge on any atom is -0.0226 e. The SMILES string of the molecule is ClCCl.[Cl][Pd][Cl].c1ccc(Pc2ccccc2)cc1. The molecule has 0 bridgehead atoms. The number of benzene rings is 2. The van der Waals surface area contributed by atoms with E-state index in [-0.39, 0.29) is 21.3 Å². The van der Waals surface area contributed by atoms with Crippen molar-refractivity contribution < 1.29 is 15.9 Å². The summed E-state index contributed by atoms with van der Waals surface area (Å²) in [6, 6.07) is 21.2. The monoisotopic (exact) mass is 446 g/mol. The second-order valence-corrected chi connectivity index (χ2v) is 7.58. The van der Waals surface area contributed by atoms with Crippen LogP contribution in [-0.2, 0) is 15.9 Å². The van der Waals surface area contributed by atoms with Crippen LogP contribution in [0.3, 0.4) is 0 Å². The molecule has 0 saturated carbocycles. The van der Waals surface area contributed by atoms with Crippen molar-refractivity contribution in [2.45, 2.75) is 0 Å². The Morgan fingerprint density at radius 3 is 1.26 bits per heavy atom. The molecule has 0 fully saturated rings. The van der Waals surface area contributed by atoms with Gasteiger partial charge in [-0.1, -0.05) is 69.2 Å². The molecule has 0 aliphatic carbocycles. The molecule has 108 valence electrons. The zero-order chi connectivity index (χ0) is 14.3. The zero-order valence-electron chi connectivity index (χ0n) is 9.81. The maximum absolute atomic E-state index is 4.81. The van der Waals surface area contributed by atoms with E-state index in [9.17, 15) is 0 Å². The third-order valence-corrected chi connectivity index (χ3v) is 3.08. The standard InChI is InChI=1S/C12H11P.CH2Cl2.2ClH.Pd/c1-3-7-11(8-4-1)13-12-9-5-2-6-10-12;2-1-3;;;/h1-10,13H;1H2;2*1H;/q;;;;+2/p-2. The van der Waals surface area contributed by atoms with Gasteiger partial charge in [0.05, 0.1) is 5.34 Å². The molecule has 0 radical (unpaired) electrons. The van der Waals surface area contributed by atoms with E-state index in [1.807, 2.05) is 0 Å². The largest absolute Gasteiger partial charge is 0.0622 e.